The van der Waals surface area contributed by atoms with Gasteiger partial charge in [0, 0.05) is 79.4 Å². The third-order valence-electron chi connectivity index (χ3n) is 8.18. The van der Waals surface area contributed by atoms with Crippen molar-refractivity contribution < 1.29 is 0 Å². The molecule has 5 aromatic rings. The highest BCUT2D eigenvalue weighted by atomic mass is 15.4. The Hall–Kier alpha value is -4.44. The molecule has 0 amide bonds. The molecule has 41 heavy (non-hydrogen) atoms. The fraction of sp³-hybridized carbons (Fsp3) is 0.355. The second-order valence-electron chi connectivity index (χ2n) is 11.2. The maximum absolute atomic E-state index is 4.83. The van der Waals surface area contributed by atoms with Crippen molar-refractivity contribution in [2.75, 3.05) is 18.0 Å². The topological polar surface area (TPSA) is 105 Å². The van der Waals surface area contributed by atoms with Gasteiger partial charge in [-0.1, -0.05) is 13.0 Å². The van der Waals surface area contributed by atoms with E-state index in [1.54, 1.807) is 0 Å². The Kier molecular flexibility index (Phi) is 6.54. The van der Waals surface area contributed by atoms with Gasteiger partial charge in [-0.3, -0.25) is 10.00 Å². The molecule has 8 rings (SSSR count). The molecule has 0 aromatic carbocycles. The second kappa shape index (κ2) is 10.5. The van der Waals surface area contributed by atoms with Crippen molar-refractivity contribution in [2.45, 2.75) is 58.7 Å². The monoisotopic (exact) mass is 546 g/mol. The molecule has 0 aliphatic carbocycles. The fourth-order valence-electron chi connectivity index (χ4n) is 6.09. The number of H-pyrrole nitrogens is 1. The van der Waals surface area contributed by atoms with E-state index in [0.717, 1.165) is 66.0 Å². The van der Waals surface area contributed by atoms with Gasteiger partial charge >= 0.3 is 0 Å². The van der Waals surface area contributed by atoms with Crippen LogP contribution in [0.1, 0.15) is 47.4 Å². The van der Waals surface area contributed by atoms with Crippen LogP contribution in [0, 0.1) is 13.8 Å². The number of anilines is 1. The molecule has 10 nitrogen and oxygen atoms in total. The van der Waals surface area contributed by atoms with Gasteiger partial charge in [-0.05, 0) is 68.7 Å². The van der Waals surface area contributed by atoms with Crippen LogP contribution in [-0.2, 0) is 19.4 Å². The van der Waals surface area contributed by atoms with Crippen LogP contribution >= 0.6 is 0 Å². The first-order valence-corrected chi connectivity index (χ1v) is 14.3. The quantitative estimate of drug-likeness (QED) is 0.311. The third kappa shape index (κ3) is 5.11. The molecule has 0 radical (unpaired) electrons. The van der Waals surface area contributed by atoms with E-state index in [0.29, 0.717) is 24.3 Å². The first-order valence-electron chi connectivity index (χ1n) is 14.3. The van der Waals surface area contributed by atoms with Gasteiger partial charge in [0.2, 0.25) is 0 Å². The minimum absolute atomic E-state index is 0.529. The molecule has 0 saturated carbocycles. The molecule has 2 bridgehead atoms. The van der Waals surface area contributed by atoms with E-state index in [9.17, 15) is 0 Å². The minimum atomic E-state index is 0.529. The van der Waals surface area contributed by atoms with Crippen molar-refractivity contribution in [3.63, 3.8) is 0 Å². The van der Waals surface area contributed by atoms with Crippen molar-refractivity contribution in [3.05, 3.63) is 95.1 Å². The normalized spacial score (nSPS) is 18.5. The van der Waals surface area contributed by atoms with Crippen LogP contribution in [0.4, 0.5) is 5.82 Å². The molecule has 3 fully saturated rings. The lowest BCUT2D eigenvalue weighted by molar-refractivity contribution is -0.00875. The highest BCUT2D eigenvalue weighted by molar-refractivity contribution is 5.57. The molecule has 3 saturated heterocycles. The summed E-state index contributed by atoms with van der Waals surface area (Å²) in [7, 11) is 0. The highest BCUT2D eigenvalue weighted by Crippen LogP contribution is 2.35. The summed E-state index contributed by atoms with van der Waals surface area (Å²) in [6.45, 7) is 9.03. The number of aromatic nitrogens is 8. The van der Waals surface area contributed by atoms with Crippen LogP contribution in [-0.4, -0.2) is 70.0 Å². The molecule has 10 heteroatoms. The second-order valence-corrected chi connectivity index (χ2v) is 11.2. The van der Waals surface area contributed by atoms with Gasteiger partial charge < -0.3 is 4.90 Å². The van der Waals surface area contributed by atoms with Gasteiger partial charge in [0.1, 0.15) is 5.82 Å². The molecule has 208 valence electrons. The molecule has 2 atom stereocenters. The molecular weight excluding hydrogens is 512 g/mol. The van der Waals surface area contributed by atoms with E-state index < -0.39 is 0 Å². The van der Waals surface area contributed by atoms with Crippen LogP contribution in [0.3, 0.4) is 0 Å². The molecule has 0 spiro atoms. The first kappa shape index (κ1) is 25.5. The number of aryl methyl sites for hydroxylation is 3. The lowest BCUT2D eigenvalue weighted by Gasteiger charge is -2.56. The average Bonchev–Trinajstić information content (AvgIpc) is 3.64. The van der Waals surface area contributed by atoms with Gasteiger partial charge in [0.25, 0.3) is 0 Å². The molecular formula is C31H34N10. The number of hydrogen-bond acceptors (Lipinski definition) is 8. The van der Waals surface area contributed by atoms with Crippen molar-refractivity contribution in [1.82, 2.24) is 44.8 Å². The fourth-order valence-corrected chi connectivity index (χ4v) is 6.09. The molecule has 2 unspecified atom stereocenters. The predicted molar refractivity (Wildman–Crippen MR) is 157 cm³/mol. The minimum Gasteiger partial charge on any atom is -0.353 e. The number of fused-ring (bicyclic) bond motifs is 2. The van der Waals surface area contributed by atoms with Crippen LogP contribution in [0.15, 0.2) is 61.1 Å². The number of piperidine rings is 1. The molecule has 1 N–H and O–H groups in total. The van der Waals surface area contributed by atoms with Crippen LogP contribution in [0.5, 0.6) is 0 Å². The van der Waals surface area contributed by atoms with Crippen molar-refractivity contribution >= 4 is 5.82 Å². The van der Waals surface area contributed by atoms with Gasteiger partial charge in [-0.15, -0.1) is 0 Å². The third-order valence-corrected chi connectivity index (χ3v) is 8.18. The molecule has 5 aromatic heterocycles. The summed E-state index contributed by atoms with van der Waals surface area (Å²) >= 11 is 0. The van der Waals surface area contributed by atoms with Crippen molar-refractivity contribution in [3.8, 4) is 17.2 Å². The smallest absolute Gasteiger partial charge is 0.161 e. The van der Waals surface area contributed by atoms with E-state index in [1.807, 2.05) is 49.3 Å². The Balaban J connectivity index is 0.989. The lowest BCUT2D eigenvalue weighted by Crippen LogP contribution is -2.68. The molecule has 3 aliphatic heterocycles. The van der Waals surface area contributed by atoms with Crippen molar-refractivity contribution in [2.24, 2.45) is 0 Å². The Labute approximate surface area is 239 Å². The zero-order valence-corrected chi connectivity index (χ0v) is 23.7. The average molecular weight is 547 g/mol. The highest BCUT2D eigenvalue weighted by Gasteiger charge is 2.44. The van der Waals surface area contributed by atoms with Gasteiger partial charge in [0.05, 0.1) is 11.4 Å². The summed E-state index contributed by atoms with van der Waals surface area (Å²) in [5.41, 5.74) is 7.26. The number of aromatic amines is 1. The van der Waals surface area contributed by atoms with Crippen LogP contribution in [0.25, 0.3) is 17.2 Å². The summed E-state index contributed by atoms with van der Waals surface area (Å²) in [5, 5.41) is 11.8. The summed E-state index contributed by atoms with van der Waals surface area (Å²) in [6.07, 6.45) is 8.58. The summed E-state index contributed by atoms with van der Waals surface area (Å²) < 4.78 is 1.92. The number of hydrogen-bond donors (Lipinski definition) is 1. The van der Waals surface area contributed by atoms with Gasteiger partial charge in [-0.25, -0.2) is 24.6 Å². The van der Waals surface area contributed by atoms with Gasteiger partial charge in [0.15, 0.2) is 11.6 Å². The van der Waals surface area contributed by atoms with Crippen LogP contribution in [0.2, 0.25) is 0 Å². The lowest BCUT2D eigenvalue weighted by atomic mass is 9.87. The summed E-state index contributed by atoms with van der Waals surface area (Å²) in [6, 6.07) is 15.6. The van der Waals surface area contributed by atoms with E-state index in [1.165, 1.54) is 17.7 Å². The zero-order chi connectivity index (χ0) is 27.9. The largest absolute Gasteiger partial charge is 0.353 e. The number of rotatable bonds is 8. The zero-order valence-electron chi connectivity index (χ0n) is 23.7. The SMILES string of the molecule is CCc1ccnn1-c1ccc(CN2C3CC2CN(c2ccc(-c4nc(C)cc(Cc5cc(C)[nH]n5)n4)cn2)C3)cn1. The Morgan fingerprint density at radius 3 is 2.44 bits per heavy atom. The van der Waals surface area contributed by atoms with Gasteiger partial charge in [-0.2, -0.15) is 10.2 Å². The molecule has 8 heterocycles. The maximum atomic E-state index is 4.83. The van der Waals surface area contributed by atoms with Crippen LogP contribution < -0.4 is 4.90 Å². The van der Waals surface area contributed by atoms with E-state index in [4.69, 9.17) is 15.0 Å². The maximum Gasteiger partial charge on any atom is 0.161 e. The Morgan fingerprint density at radius 2 is 1.73 bits per heavy atom. The summed E-state index contributed by atoms with van der Waals surface area (Å²) in [5.74, 6) is 2.59. The van der Waals surface area contributed by atoms with E-state index in [2.05, 4.69) is 67.3 Å². The first-order chi connectivity index (χ1) is 20.0. The van der Waals surface area contributed by atoms with E-state index >= 15 is 0 Å². The van der Waals surface area contributed by atoms with E-state index in [-0.39, 0.29) is 0 Å². The number of piperazine rings is 1. The number of pyridine rings is 2. The Morgan fingerprint density at radius 1 is 0.902 bits per heavy atom. The summed E-state index contributed by atoms with van der Waals surface area (Å²) in [4.78, 5) is 24.0. The number of nitrogens with one attached hydrogen (secondary N) is 1. The number of nitrogens with zero attached hydrogens (tertiary/aromatic N) is 9. The molecule has 3 aliphatic rings. The van der Waals surface area contributed by atoms with Crippen molar-refractivity contribution in [1.29, 1.82) is 0 Å². The predicted octanol–water partition coefficient (Wildman–Crippen LogP) is 4.08. The standard InChI is InChI=1S/C31H34N10/c1-4-26-9-10-34-41(26)30-7-5-22(15-32-30)17-40-27-14-28(40)19-39(18-27)29-8-6-23(16-33-29)31-35-20(2)11-24(36-31)13-25-12-21(3)37-38-25/h5-12,15-16,27-28H,4,13-14,17-19H2,1-3H3,(H,37,38). The Bertz CT molecular complexity index is 1640.